The third-order valence-corrected chi connectivity index (χ3v) is 3.57. The number of hydrogen-bond acceptors (Lipinski definition) is 3. The van der Waals surface area contributed by atoms with Gasteiger partial charge in [0.05, 0.1) is 0 Å². The van der Waals surface area contributed by atoms with Crippen LogP contribution >= 0.6 is 0 Å². The third kappa shape index (κ3) is 2.71. The van der Waals surface area contributed by atoms with E-state index in [-0.39, 0.29) is 11.7 Å². The summed E-state index contributed by atoms with van der Waals surface area (Å²) in [5.74, 6) is -1.23. The maximum Gasteiger partial charge on any atom is 0.326 e. The maximum absolute atomic E-state index is 12.3. The van der Waals surface area contributed by atoms with Crippen molar-refractivity contribution >= 4 is 17.7 Å². The van der Waals surface area contributed by atoms with E-state index in [2.05, 4.69) is 0 Å². The molecule has 0 bridgehead atoms. The number of aliphatic carboxylic acids is 1. The quantitative estimate of drug-likeness (QED) is 0.852. The second-order valence-corrected chi connectivity index (χ2v) is 4.85. The van der Waals surface area contributed by atoms with Crippen LogP contribution in [0.2, 0.25) is 0 Å². The molecule has 0 saturated carbocycles. The molecular formula is C15H17NO4. The second-order valence-electron chi connectivity index (χ2n) is 4.85. The summed E-state index contributed by atoms with van der Waals surface area (Å²) in [7, 11) is 0. The van der Waals surface area contributed by atoms with E-state index in [1.807, 2.05) is 0 Å². The normalized spacial score (nSPS) is 18.1. The van der Waals surface area contributed by atoms with Crippen molar-refractivity contribution in [2.24, 2.45) is 0 Å². The zero-order valence-electron chi connectivity index (χ0n) is 11.3. The smallest absolute Gasteiger partial charge is 0.326 e. The molecule has 2 rings (SSSR count). The van der Waals surface area contributed by atoms with Crippen LogP contribution in [0.5, 0.6) is 0 Å². The molecule has 1 heterocycles. The Hall–Kier alpha value is -2.17. The van der Waals surface area contributed by atoms with Crippen LogP contribution in [0.1, 0.15) is 46.9 Å². The molecule has 1 unspecified atom stereocenters. The lowest BCUT2D eigenvalue weighted by Crippen LogP contribution is -2.40. The molecule has 1 amide bonds. The summed E-state index contributed by atoms with van der Waals surface area (Å²) in [6.45, 7) is 2.24. The average molecular weight is 275 g/mol. The number of Topliss-reactive ketones (excluding diaryl/α,β-unsaturated/α-hetero) is 1. The highest BCUT2D eigenvalue weighted by atomic mass is 16.4. The minimum absolute atomic E-state index is 0.0218. The number of ketones is 1. The van der Waals surface area contributed by atoms with E-state index in [1.165, 1.54) is 4.90 Å². The zero-order valence-corrected chi connectivity index (χ0v) is 11.3. The Morgan fingerprint density at radius 2 is 1.80 bits per heavy atom. The highest BCUT2D eigenvalue weighted by Gasteiger charge is 2.34. The monoisotopic (exact) mass is 275 g/mol. The van der Waals surface area contributed by atoms with Crippen LogP contribution in [0, 0.1) is 0 Å². The molecule has 0 aliphatic carbocycles. The molecule has 0 spiro atoms. The van der Waals surface area contributed by atoms with Crippen molar-refractivity contribution < 1.29 is 19.5 Å². The number of rotatable bonds is 4. The van der Waals surface area contributed by atoms with Gasteiger partial charge in [0, 0.05) is 24.1 Å². The van der Waals surface area contributed by atoms with Gasteiger partial charge in [0.25, 0.3) is 5.91 Å². The van der Waals surface area contributed by atoms with Gasteiger partial charge in [-0.15, -0.1) is 0 Å². The van der Waals surface area contributed by atoms with E-state index >= 15 is 0 Å². The molecule has 0 aromatic heterocycles. The predicted molar refractivity (Wildman–Crippen MR) is 72.8 cm³/mol. The Balaban J connectivity index is 2.17. The Morgan fingerprint density at radius 3 is 2.35 bits per heavy atom. The first-order valence-corrected chi connectivity index (χ1v) is 6.71. The molecule has 1 aliphatic rings. The van der Waals surface area contributed by atoms with Crippen molar-refractivity contribution in [2.45, 2.75) is 32.2 Å². The highest BCUT2D eigenvalue weighted by molar-refractivity contribution is 5.99. The van der Waals surface area contributed by atoms with Gasteiger partial charge in [0.2, 0.25) is 0 Å². The predicted octanol–water partition coefficient (Wildman–Crippen LogP) is 1.97. The van der Waals surface area contributed by atoms with Crippen molar-refractivity contribution in [1.29, 1.82) is 0 Å². The van der Waals surface area contributed by atoms with Gasteiger partial charge < -0.3 is 10.0 Å². The van der Waals surface area contributed by atoms with Crippen molar-refractivity contribution in [3.05, 3.63) is 35.4 Å². The molecular weight excluding hydrogens is 258 g/mol. The van der Waals surface area contributed by atoms with Gasteiger partial charge in [0.1, 0.15) is 6.04 Å². The van der Waals surface area contributed by atoms with Gasteiger partial charge in [-0.3, -0.25) is 9.59 Å². The molecule has 1 atom stereocenters. The van der Waals surface area contributed by atoms with Crippen LogP contribution < -0.4 is 0 Å². The fourth-order valence-corrected chi connectivity index (χ4v) is 2.44. The molecule has 1 fully saturated rings. The minimum Gasteiger partial charge on any atom is -0.480 e. The number of carbonyl (C=O) groups is 3. The lowest BCUT2D eigenvalue weighted by atomic mass is 10.1. The first-order chi connectivity index (χ1) is 9.54. The standard InChI is InChI=1S/C15H17NO4/c1-2-13(17)10-5-7-11(8-6-10)14(18)16-9-3-4-12(16)15(19)20/h5-8,12H,2-4,9H2,1H3,(H,19,20). The summed E-state index contributed by atoms with van der Waals surface area (Å²) in [5.41, 5.74) is 0.992. The molecule has 1 aromatic carbocycles. The van der Waals surface area contributed by atoms with E-state index in [9.17, 15) is 14.4 Å². The highest BCUT2D eigenvalue weighted by Crippen LogP contribution is 2.20. The number of likely N-dealkylation sites (tertiary alicyclic amines) is 1. The lowest BCUT2D eigenvalue weighted by Gasteiger charge is -2.21. The summed E-state index contributed by atoms with van der Waals surface area (Å²) in [4.78, 5) is 36.3. The third-order valence-electron chi connectivity index (χ3n) is 3.57. The molecule has 1 saturated heterocycles. The van der Waals surface area contributed by atoms with Gasteiger partial charge in [-0.1, -0.05) is 19.1 Å². The lowest BCUT2D eigenvalue weighted by molar-refractivity contribution is -0.141. The summed E-state index contributed by atoms with van der Waals surface area (Å²) >= 11 is 0. The number of carboxylic acid groups (broad SMARTS) is 1. The Labute approximate surface area is 117 Å². The van der Waals surface area contributed by atoms with Gasteiger partial charge in [-0.05, 0) is 25.0 Å². The number of carboxylic acids is 1. The van der Waals surface area contributed by atoms with Gasteiger partial charge in [0.15, 0.2) is 5.78 Å². The Bertz CT molecular complexity index is 535. The second kappa shape index (κ2) is 5.86. The molecule has 1 N–H and O–H groups in total. The summed E-state index contributed by atoms with van der Waals surface area (Å²) in [6.07, 6.45) is 1.61. The van der Waals surface area contributed by atoms with Gasteiger partial charge in [-0.25, -0.2) is 4.79 Å². The molecule has 5 heteroatoms. The van der Waals surface area contributed by atoms with Crippen LogP contribution in [-0.4, -0.2) is 40.3 Å². The summed E-state index contributed by atoms with van der Waals surface area (Å²) < 4.78 is 0. The first-order valence-electron chi connectivity index (χ1n) is 6.71. The number of carbonyl (C=O) groups excluding carboxylic acids is 2. The number of amides is 1. The maximum atomic E-state index is 12.3. The Morgan fingerprint density at radius 1 is 1.20 bits per heavy atom. The number of hydrogen-bond donors (Lipinski definition) is 1. The molecule has 20 heavy (non-hydrogen) atoms. The van der Waals surface area contributed by atoms with Crippen LogP contribution in [0.3, 0.4) is 0 Å². The van der Waals surface area contributed by atoms with Gasteiger partial charge >= 0.3 is 5.97 Å². The number of benzene rings is 1. The molecule has 1 aromatic rings. The average Bonchev–Trinajstić information content (AvgIpc) is 2.95. The first kappa shape index (κ1) is 14.2. The molecule has 0 radical (unpaired) electrons. The van der Waals surface area contributed by atoms with E-state index in [4.69, 9.17) is 5.11 Å². The Kier molecular flexibility index (Phi) is 4.17. The number of nitrogens with zero attached hydrogens (tertiary/aromatic N) is 1. The summed E-state index contributed by atoms with van der Waals surface area (Å²) in [6, 6.07) is 5.67. The fraction of sp³-hybridized carbons (Fsp3) is 0.400. The minimum atomic E-state index is -0.964. The summed E-state index contributed by atoms with van der Waals surface area (Å²) in [5, 5.41) is 9.09. The SMILES string of the molecule is CCC(=O)c1ccc(C(=O)N2CCCC2C(=O)O)cc1. The molecule has 106 valence electrons. The van der Waals surface area contributed by atoms with Gasteiger partial charge in [-0.2, -0.15) is 0 Å². The van der Waals surface area contributed by atoms with Crippen molar-refractivity contribution in [3.8, 4) is 0 Å². The zero-order chi connectivity index (χ0) is 14.7. The van der Waals surface area contributed by atoms with Crippen molar-refractivity contribution in [2.75, 3.05) is 6.54 Å². The molecule has 1 aliphatic heterocycles. The van der Waals surface area contributed by atoms with Crippen LogP contribution in [0.15, 0.2) is 24.3 Å². The topological polar surface area (TPSA) is 74.7 Å². The van der Waals surface area contributed by atoms with Crippen LogP contribution in [0.4, 0.5) is 0 Å². The van der Waals surface area contributed by atoms with E-state index in [0.29, 0.717) is 36.9 Å². The van der Waals surface area contributed by atoms with Crippen LogP contribution in [-0.2, 0) is 4.79 Å². The van der Waals surface area contributed by atoms with Crippen molar-refractivity contribution in [1.82, 2.24) is 4.90 Å². The fourth-order valence-electron chi connectivity index (χ4n) is 2.44. The van der Waals surface area contributed by atoms with E-state index < -0.39 is 12.0 Å². The van der Waals surface area contributed by atoms with Crippen LogP contribution in [0.25, 0.3) is 0 Å². The molecule has 5 nitrogen and oxygen atoms in total. The largest absolute Gasteiger partial charge is 0.480 e. The van der Waals surface area contributed by atoms with E-state index in [0.717, 1.165) is 0 Å². The van der Waals surface area contributed by atoms with E-state index in [1.54, 1.807) is 31.2 Å². The van der Waals surface area contributed by atoms with Crippen molar-refractivity contribution in [3.63, 3.8) is 0 Å².